The minimum atomic E-state index is -0.184. The fourth-order valence-corrected chi connectivity index (χ4v) is 3.03. The van der Waals surface area contributed by atoms with Crippen molar-refractivity contribution in [3.63, 3.8) is 0 Å². The molecule has 0 unspecified atom stereocenters. The molecule has 136 valence electrons. The Labute approximate surface area is 152 Å². The monoisotopic (exact) mass is 355 g/mol. The predicted molar refractivity (Wildman–Crippen MR) is 99.1 cm³/mol. The summed E-state index contributed by atoms with van der Waals surface area (Å²) in [5.41, 5.74) is 6.17. The largest absolute Gasteiger partial charge is 0.493 e. The second kappa shape index (κ2) is 7.49. The van der Waals surface area contributed by atoms with E-state index in [2.05, 4.69) is 10.7 Å². The van der Waals surface area contributed by atoms with Gasteiger partial charge in [0, 0.05) is 17.1 Å². The van der Waals surface area contributed by atoms with E-state index in [1.165, 1.54) is 0 Å². The molecule has 1 atom stereocenters. The lowest BCUT2D eigenvalue weighted by Gasteiger charge is -2.15. The second-order valence-corrected chi connectivity index (χ2v) is 5.79. The average Bonchev–Trinajstić information content (AvgIpc) is 2.70. The zero-order chi connectivity index (χ0) is 18.7. The highest BCUT2D eigenvalue weighted by atomic mass is 16.5. The van der Waals surface area contributed by atoms with Crippen LogP contribution in [-0.2, 0) is 0 Å². The lowest BCUT2D eigenvalue weighted by Crippen LogP contribution is -2.54. The first-order chi connectivity index (χ1) is 12.6. The zero-order valence-electron chi connectivity index (χ0n) is 15.4. The number of hydrogen-bond donors (Lipinski definition) is 1. The first-order valence-corrected chi connectivity index (χ1v) is 8.18. The number of methoxy groups -OCH3 is 4. The highest BCUT2D eigenvalue weighted by Crippen LogP contribution is 2.36. The van der Waals surface area contributed by atoms with Crippen molar-refractivity contribution in [1.82, 2.24) is 4.98 Å². The fraction of sp³-hybridized carbons (Fsp3) is 0.250. The molecule has 3 aromatic rings. The summed E-state index contributed by atoms with van der Waals surface area (Å²) in [6.45, 7) is 0. The molecule has 26 heavy (non-hydrogen) atoms. The fourth-order valence-electron chi connectivity index (χ4n) is 3.03. The maximum Gasteiger partial charge on any atom is 0.161 e. The molecule has 1 aromatic heterocycles. The Hall–Kier alpha value is -2.99. The van der Waals surface area contributed by atoms with Crippen molar-refractivity contribution in [3.8, 4) is 23.0 Å². The third-order valence-electron chi connectivity index (χ3n) is 4.44. The Bertz CT molecular complexity index is 927. The van der Waals surface area contributed by atoms with E-state index < -0.39 is 0 Å². The van der Waals surface area contributed by atoms with Crippen molar-refractivity contribution < 1.29 is 24.7 Å². The lowest BCUT2D eigenvalue weighted by molar-refractivity contribution is -0.412. The van der Waals surface area contributed by atoms with Crippen molar-refractivity contribution in [2.75, 3.05) is 28.4 Å². The summed E-state index contributed by atoms with van der Waals surface area (Å²) < 4.78 is 21.6. The first kappa shape index (κ1) is 17.8. The number of benzene rings is 2. The quantitative estimate of drug-likeness (QED) is 0.735. The van der Waals surface area contributed by atoms with E-state index in [1.54, 1.807) is 34.6 Å². The molecule has 6 heteroatoms. The van der Waals surface area contributed by atoms with Gasteiger partial charge in [-0.3, -0.25) is 4.98 Å². The molecule has 6 nitrogen and oxygen atoms in total. The molecule has 0 fully saturated rings. The molecular formula is C20H23N2O4+. The van der Waals surface area contributed by atoms with Gasteiger partial charge < -0.3 is 24.7 Å². The normalized spacial score (nSPS) is 11.9. The zero-order valence-corrected chi connectivity index (χ0v) is 15.4. The summed E-state index contributed by atoms with van der Waals surface area (Å²) in [6, 6.07) is 11.4. The summed E-state index contributed by atoms with van der Waals surface area (Å²) in [6.07, 6.45) is 1.78. The van der Waals surface area contributed by atoms with Gasteiger partial charge in [-0.2, -0.15) is 0 Å². The Morgan fingerprint density at radius 1 is 0.769 bits per heavy atom. The van der Waals surface area contributed by atoms with Gasteiger partial charge in [-0.05, 0) is 41.8 Å². The molecule has 0 amide bonds. The van der Waals surface area contributed by atoms with Crippen LogP contribution in [0.4, 0.5) is 0 Å². The van der Waals surface area contributed by atoms with E-state index in [1.807, 2.05) is 36.4 Å². The molecule has 0 radical (unpaired) electrons. The molecule has 0 saturated carbocycles. The SMILES string of the molecule is COc1ccc([C@H]([NH3+])c2nccc3cc(OC)c(OC)cc23)cc1OC. The van der Waals surface area contributed by atoms with Gasteiger partial charge in [-0.25, -0.2) is 0 Å². The van der Waals surface area contributed by atoms with Crippen LogP contribution in [0.5, 0.6) is 23.0 Å². The molecule has 0 bridgehead atoms. The van der Waals surface area contributed by atoms with Crippen LogP contribution in [0.2, 0.25) is 0 Å². The standard InChI is InChI=1S/C20H22N2O4/c1-23-15-6-5-13(10-16(15)24-2)19(21)20-14-11-18(26-4)17(25-3)9-12(14)7-8-22-20/h5-11,19H,21H2,1-4H3/p+1/t19-/m0/s1. The summed E-state index contributed by atoms with van der Waals surface area (Å²) in [4.78, 5) is 4.58. The van der Waals surface area contributed by atoms with Gasteiger partial charge in [0.1, 0.15) is 5.69 Å². The second-order valence-electron chi connectivity index (χ2n) is 5.79. The summed E-state index contributed by atoms with van der Waals surface area (Å²) in [7, 11) is 6.48. The van der Waals surface area contributed by atoms with Gasteiger partial charge >= 0.3 is 0 Å². The summed E-state index contributed by atoms with van der Waals surface area (Å²) in [5.74, 6) is 2.69. The number of nitrogens with zero attached hydrogens (tertiary/aromatic N) is 1. The summed E-state index contributed by atoms with van der Waals surface area (Å²) in [5, 5.41) is 1.99. The topological polar surface area (TPSA) is 77.5 Å². The van der Waals surface area contributed by atoms with Gasteiger partial charge in [-0.1, -0.05) is 0 Å². The molecule has 0 spiro atoms. The number of pyridine rings is 1. The molecule has 0 aliphatic rings. The van der Waals surface area contributed by atoms with Crippen LogP contribution in [0.15, 0.2) is 42.6 Å². The van der Waals surface area contributed by atoms with E-state index in [-0.39, 0.29) is 6.04 Å². The maximum absolute atomic E-state index is 5.44. The van der Waals surface area contributed by atoms with E-state index in [0.29, 0.717) is 23.0 Å². The minimum absolute atomic E-state index is 0.184. The minimum Gasteiger partial charge on any atom is -0.493 e. The molecule has 2 aromatic carbocycles. The van der Waals surface area contributed by atoms with Crippen molar-refractivity contribution >= 4 is 10.8 Å². The maximum atomic E-state index is 5.44. The number of aromatic nitrogens is 1. The van der Waals surface area contributed by atoms with Gasteiger partial charge in [0.2, 0.25) is 0 Å². The van der Waals surface area contributed by atoms with E-state index >= 15 is 0 Å². The molecule has 0 saturated heterocycles. The van der Waals surface area contributed by atoms with E-state index in [9.17, 15) is 0 Å². The lowest BCUT2D eigenvalue weighted by atomic mass is 9.98. The number of rotatable bonds is 6. The van der Waals surface area contributed by atoms with Gasteiger partial charge in [0.15, 0.2) is 29.0 Å². The number of ether oxygens (including phenoxy) is 4. The molecular weight excluding hydrogens is 332 g/mol. The van der Waals surface area contributed by atoms with Crippen LogP contribution in [0.25, 0.3) is 10.8 Å². The molecule has 3 rings (SSSR count). The van der Waals surface area contributed by atoms with Crippen LogP contribution in [-0.4, -0.2) is 33.4 Å². The predicted octanol–water partition coefficient (Wildman–Crippen LogP) is 2.60. The van der Waals surface area contributed by atoms with Crippen molar-refractivity contribution in [2.45, 2.75) is 6.04 Å². The molecule has 0 aliphatic carbocycles. The number of fused-ring (bicyclic) bond motifs is 1. The smallest absolute Gasteiger partial charge is 0.161 e. The molecule has 0 aliphatic heterocycles. The Morgan fingerprint density at radius 3 is 2.04 bits per heavy atom. The first-order valence-electron chi connectivity index (χ1n) is 8.18. The molecule has 3 N–H and O–H groups in total. The van der Waals surface area contributed by atoms with Gasteiger partial charge in [-0.15, -0.1) is 0 Å². The third kappa shape index (κ3) is 3.11. The van der Waals surface area contributed by atoms with Gasteiger partial charge in [0.05, 0.1) is 28.4 Å². The Balaban J connectivity index is 2.12. The van der Waals surface area contributed by atoms with Gasteiger partial charge in [0.25, 0.3) is 0 Å². The highest BCUT2D eigenvalue weighted by Gasteiger charge is 2.20. The highest BCUT2D eigenvalue weighted by molar-refractivity contribution is 5.88. The van der Waals surface area contributed by atoms with Crippen LogP contribution in [0.3, 0.4) is 0 Å². The number of quaternary nitrogens is 1. The van der Waals surface area contributed by atoms with Crippen LogP contribution < -0.4 is 24.7 Å². The van der Waals surface area contributed by atoms with E-state index in [4.69, 9.17) is 18.9 Å². The number of hydrogen-bond acceptors (Lipinski definition) is 5. The molecule has 1 heterocycles. The van der Waals surface area contributed by atoms with Crippen molar-refractivity contribution in [2.24, 2.45) is 0 Å². The Kier molecular flexibility index (Phi) is 5.14. The summed E-state index contributed by atoms with van der Waals surface area (Å²) >= 11 is 0. The van der Waals surface area contributed by atoms with Crippen LogP contribution in [0.1, 0.15) is 17.3 Å². The Morgan fingerprint density at radius 2 is 1.38 bits per heavy atom. The average molecular weight is 355 g/mol. The van der Waals surface area contributed by atoms with Crippen molar-refractivity contribution in [3.05, 3.63) is 53.9 Å². The van der Waals surface area contributed by atoms with Crippen LogP contribution in [0, 0.1) is 0 Å². The van der Waals surface area contributed by atoms with Crippen LogP contribution >= 0.6 is 0 Å². The third-order valence-corrected chi connectivity index (χ3v) is 4.44. The van der Waals surface area contributed by atoms with E-state index in [0.717, 1.165) is 22.0 Å². The van der Waals surface area contributed by atoms with Crippen molar-refractivity contribution in [1.29, 1.82) is 0 Å².